The molecule has 0 saturated carbocycles. The van der Waals surface area contributed by atoms with E-state index in [1.807, 2.05) is 24.3 Å². The van der Waals surface area contributed by atoms with Gasteiger partial charge in [0.05, 0.1) is 11.7 Å². The Kier molecular flexibility index (Phi) is 3.73. The number of hydrogen-bond donors (Lipinski definition) is 2. The van der Waals surface area contributed by atoms with Crippen LogP contribution < -0.4 is 11.1 Å². The molecule has 0 aromatic heterocycles. The van der Waals surface area contributed by atoms with Crippen LogP contribution in [0.1, 0.15) is 20.7 Å². The zero-order valence-electron chi connectivity index (χ0n) is 10.3. The van der Waals surface area contributed by atoms with Gasteiger partial charge < -0.3 is 11.1 Å². The van der Waals surface area contributed by atoms with Gasteiger partial charge in [0, 0.05) is 5.56 Å². The van der Waals surface area contributed by atoms with Gasteiger partial charge in [0.1, 0.15) is 0 Å². The fourth-order valence-electron chi connectivity index (χ4n) is 1.92. The monoisotopic (exact) mass is 254 g/mol. The van der Waals surface area contributed by atoms with Crippen molar-refractivity contribution in [3.05, 3.63) is 60.2 Å². The number of nitrogens with two attached hydrogens (primary N) is 1. The van der Waals surface area contributed by atoms with Crippen molar-refractivity contribution >= 4 is 23.0 Å². The van der Waals surface area contributed by atoms with E-state index in [4.69, 9.17) is 5.73 Å². The van der Waals surface area contributed by atoms with Crippen LogP contribution in [0.25, 0.3) is 10.8 Å². The quantitative estimate of drug-likeness (QED) is 0.497. The van der Waals surface area contributed by atoms with Crippen molar-refractivity contribution in [1.82, 2.24) is 5.32 Å². The smallest absolute Gasteiger partial charge is 0.254 e. The predicted octanol–water partition coefficient (Wildman–Crippen LogP) is 1.85. The second-order valence-corrected chi connectivity index (χ2v) is 4.10. The normalized spacial score (nSPS) is 11.8. The highest BCUT2D eigenvalue weighted by atomic mass is 16.2. The molecule has 4 heteroatoms. The molecule has 3 N–H and O–H groups in total. The Balaban J connectivity index is 2.58. The van der Waals surface area contributed by atoms with E-state index in [0.717, 1.165) is 10.8 Å². The van der Waals surface area contributed by atoms with Gasteiger partial charge in [-0.15, -0.1) is 0 Å². The minimum Gasteiger partial charge on any atom is -0.333 e. The molecule has 0 fully saturated rings. The third kappa shape index (κ3) is 2.53. The number of benzene rings is 2. The van der Waals surface area contributed by atoms with E-state index < -0.39 is 6.17 Å². The fraction of sp³-hybridized carbons (Fsp3) is 0.0667. The molecule has 1 amide bonds. The van der Waals surface area contributed by atoms with Gasteiger partial charge in [-0.1, -0.05) is 49.1 Å². The Morgan fingerprint density at radius 3 is 2.68 bits per heavy atom. The van der Waals surface area contributed by atoms with Crippen molar-refractivity contribution in [2.24, 2.45) is 5.73 Å². The van der Waals surface area contributed by atoms with Crippen molar-refractivity contribution in [2.75, 3.05) is 0 Å². The minimum absolute atomic E-state index is 0.338. The first-order chi connectivity index (χ1) is 9.17. The minimum atomic E-state index is -0.647. The third-order valence-corrected chi connectivity index (χ3v) is 2.87. The SMILES string of the molecule is C=CC(N)NC(=O)c1c(C=O)ccc2ccccc12. The Labute approximate surface area is 110 Å². The van der Waals surface area contributed by atoms with Gasteiger partial charge in [0.25, 0.3) is 5.91 Å². The number of aldehydes is 1. The summed E-state index contributed by atoms with van der Waals surface area (Å²) in [6.45, 7) is 3.50. The summed E-state index contributed by atoms with van der Waals surface area (Å²) in [6.07, 6.45) is 1.44. The Morgan fingerprint density at radius 2 is 2.00 bits per heavy atom. The molecule has 0 bridgehead atoms. The molecule has 4 nitrogen and oxygen atoms in total. The molecule has 2 aromatic rings. The van der Waals surface area contributed by atoms with Gasteiger partial charge in [-0.05, 0) is 10.8 Å². The second-order valence-electron chi connectivity index (χ2n) is 4.10. The van der Waals surface area contributed by atoms with E-state index in [9.17, 15) is 9.59 Å². The standard InChI is InChI=1S/C15H14N2O2/c1-2-13(16)17-15(19)14-11(9-18)8-7-10-5-3-4-6-12(10)14/h2-9,13H,1,16H2,(H,17,19). The van der Waals surface area contributed by atoms with Crippen LogP contribution in [-0.2, 0) is 0 Å². The summed E-state index contributed by atoms with van der Waals surface area (Å²) < 4.78 is 0. The Bertz CT molecular complexity index is 650. The summed E-state index contributed by atoms with van der Waals surface area (Å²) in [7, 11) is 0. The van der Waals surface area contributed by atoms with E-state index in [2.05, 4.69) is 11.9 Å². The molecule has 0 radical (unpaired) electrons. The van der Waals surface area contributed by atoms with Crippen LogP contribution in [0, 0.1) is 0 Å². The van der Waals surface area contributed by atoms with Crippen LogP contribution in [0.3, 0.4) is 0 Å². The number of carbonyl (C=O) groups is 2. The highest BCUT2D eigenvalue weighted by Crippen LogP contribution is 2.21. The number of fused-ring (bicyclic) bond motifs is 1. The Hall–Kier alpha value is -2.46. The van der Waals surface area contributed by atoms with Crippen LogP contribution in [-0.4, -0.2) is 18.4 Å². The highest BCUT2D eigenvalue weighted by Gasteiger charge is 2.15. The van der Waals surface area contributed by atoms with Gasteiger partial charge in [0.2, 0.25) is 0 Å². The largest absolute Gasteiger partial charge is 0.333 e. The Morgan fingerprint density at radius 1 is 1.26 bits per heavy atom. The number of nitrogens with one attached hydrogen (secondary N) is 1. The average molecular weight is 254 g/mol. The number of amides is 1. The van der Waals surface area contributed by atoms with Crippen LogP contribution >= 0.6 is 0 Å². The molecular weight excluding hydrogens is 240 g/mol. The van der Waals surface area contributed by atoms with E-state index >= 15 is 0 Å². The third-order valence-electron chi connectivity index (χ3n) is 2.87. The van der Waals surface area contributed by atoms with Gasteiger partial charge >= 0.3 is 0 Å². The summed E-state index contributed by atoms with van der Waals surface area (Å²) in [5, 5.41) is 4.19. The maximum Gasteiger partial charge on any atom is 0.254 e. The molecule has 2 aromatic carbocycles. The molecular formula is C15H14N2O2. The summed E-state index contributed by atoms with van der Waals surface area (Å²) in [5.41, 5.74) is 6.29. The molecule has 0 heterocycles. The molecule has 2 rings (SSSR count). The van der Waals surface area contributed by atoms with Gasteiger partial charge in [-0.25, -0.2) is 0 Å². The van der Waals surface area contributed by atoms with Crippen molar-refractivity contribution in [2.45, 2.75) is 6.17 Å². The lowest BCUT2D eigenvalue weighted by molar-refractivity contribution is 0.0942. The van der Waals surface area contributed by atoms with Crippen molar-refractivity contribution in [1.29, 1.82) is 0 Å². The lowest BCUT2D eigenvalue weighted by atomic mass is 9.99. The first kappa shape index (κ1) is 13.0. The number of rotatable bonds is 4. The average Bonchev–Trinajstić information content (AvgIpc) is 2.45. The summed E-state index contributed by atoms with van der Waals surface area (Å²) in [6, 6.07) is 10.8. The van der Waals surface area contributed by atoms with Gasteiger partial charge in [-0.3, -0.25) is 9.59 Å². The molecule has 1 atom stereocenters. The molecule has 0 aliphatic rings. The molecule has 0 aliphatic carbocycles. The highest BCUT2D eigenvalue weighted by molar-refractivity contribution is 6.12. The first-order valence-electron chi connectivity index (χ1n) is 5.83. The van der Waals surface area contributed by atoms with E-state index in [1.54, 1.807) is 12.1 Å². The topological polar surface area (TPSA) is 72.2 Å². The number of carbonyl (C=O) groups excluding carboxylic acids is 2. The summed E-state index contributed by atoms with van der Waals surface area (Å²) >= 11 is 0. The van der Waals surface area contributed by atoms with Crippen LogP contribution in [0.2, 0.25) is 0 Å². The van der Waals surface area contributed by atoms with E-state index in [1.165, 1.54) is 6.08 Å². The van der Waals surface area contributed by atoms with E-state index in [0.29, 0.717) is 17.4 Å². The van der Waals surface area contributed by atoms with Crippen LogP contribution in [0.15, 0.2) is 49.1 Å². The van der Waals surface area contributed by atoms with E-state index in [-0.39, 0.29) is 5.91 Å². The molecule has 0 aliphatic heterocycles. The zero-order valence-corrected chi connectivity index (χ0v) is 10.3. The van der Waals surface area contributed by atoms with Crippen LogP contribution in [0.4, 0.5) is 0 Å². The maximum atomic E-state index is 12.2. The van der Waals surface area contributed by atoms with Crippen LogP contribution in [0.5, 0.6) is 0 Å². The molecule has 1 unspecified atom stereocenters. The van der Waals surface area contributed by atoms with Gasteiger partial charge in [-0.2, -0.15) is 0 Å². The maximum absolute atomic E-state index is 12.2. The molecule has 0 saturated heterocycles. The zero-order chi connectivity index (χ0) is 13.8. The fourth-order valence-corrected chi connectivity index (χ4v) is 1.92. The van der Waals surface area contributed by atoms with Crippen molar-refractivity contribution in [3.63, 3.8) is 0 Å². The summed E-state index contributed by atoms with van der Waals surface area (Å²) in [4.78, 5) is 23.3. The molecule has 0 spiro atoms. The molecule has 96 valence electrons. The summed E-state index contributed by atoms with van der Waals surface area (Å²) in [5.74, 6) is -0.383. The predicted molar refractivity (Wildman–Crippen MR) is 75.0 cm³/mol. The lowest BCUT2D eigenvalue weighted by Crippen LogP contribution is -2.40. The van der Waals surface area contributed by atoms with Crippen molar-refractivity contribution < 1.29 is 9.59 Å². The number of hydrogen-bond acceptors (Lipinski definition) is 3. The lowest BCUT2D eigenvalue weighted by Gasteiger charge is -2.13. The molecule has 19 heavy (non-hydrogen) atoms. The first-order valence-corrected chi connectivity index (χ1v) is 5.83. The van der Waals surface area contributed by atoms with Gasteiger partial charge in [0.15, 0.2) is 6.29 Å². The second kappa shape index (κ2) is 5.46. The van der Waals surface area contributed by atoms with Crippen molar-refractivity contribution in [3.8, 4) is 0 Å².